The number of hydrogen-bond donors (Lipinski definition) is 2. The molecule has 3 N–H and O–H groups in total. The van der Waals surface area contributed by atoms with Crippen LogP contribution in [0, 0.1) is 0 Å². The maximum Gasteiger partial charge on any atom is 0.341 e. The first-order valence-corrected chi connectivity index (χ1v) is 4.13. The zero-order valence-electron chi connectivity index (χ0n) is 7.59. The van der Waals surface area contributed by atoms with Gasteiger partial charge in [-0.3, -0.25) is 5.21 Å². The molecule has 0 bridgehead atoms. The maximum atomic E-state index is 10.7. The molecule has 0 amide bonds. The molecule has 0 spiro atoms. The summed E-state index contributed by atoms with van der Waals surface area (Å²) in [7, 11) is 0. The molecule has 0 heterocycles. The van der Waals surface area contributed by atoms with Gasteiger partial charge in [0.15, 0.2) is 0 Å². The number of hydroxylamine groups is 2. The Balaban J connectivity index is 2.41. The predicted molar refractivity (Wildman–Crippen MR) is 48.9 cm³/mol. The number of nitrogens with zero attached hydrogens (tertiary/aromatic N) is 1. The quantitative estimate of drug-likeness (QED) is 0.677. The summed E-state index contributed by atoms with van der Waals surface area (Å²) in [5.74, 6) is -0.677. The van der Waals surface area contributed by atoms with Gasteiger partial charge in [-0.1, -0.05) is 30.3 Å². The lowest BCUT2D eigenvalue weighted by Crippen LogP contribution is -2.27. The monoisotopic (exact) mass is 196 g/mol. The van der Waals surface area contributed by atoms with Crippen LogP contribution in [0.4, 0.5) is 0 Å². The molecular weight excluding hydrogens is 184 g/mol. The number of carbonyl (C=O) groups excluding carboxylic acids is 1. The Kier molecular flexibility index (Phi) is 4.06. The van der Waals surface area contributed by atoms with Gasteiger partial charge in [0.25, 0.3) is 0 Å². The van der Waals surface area contributed by atoms with E-state index in [1.165, 1.54) is 0 Å². The highest BCUT2D eigenvalue weighted by molar-refractivity contribution is 5.70. The van der Waals surface area contributed by atoms with E-state index in [0.717, 1.165) is 5.56 Å². The van der Waals surface area contributed by atoms with Gasteiger partial charge in [0.2, 0.25) is 0 Å². The molecule has 0 saturated heterocycles. The first-order chi connectivity index (χ1) is 6.72. The van der Waals surface area contributed by atoms with Gasteiger partial charge >= 0.3 is 5.97 Å². The molecule has 1 aromatic carbocycles. The van der Waals surface area contributed by atoms with Crippen LogP contribution in [0.25, 0.3) is 0 Å². The maximum absolute atomic E-state index is 10.7. The van der Waals surface area contributed by atoms with Crippen LogP contribution >= 0.6 is 0 Å². The third kappa shape index (κ3) is 3.53. The van der Waals surface area contributed by atoms with Gasteiger partial charge in [-0.05, 0) is 10.8 Å². The van der Waals surface area contributed by atoms with E-state index in [0.29, 0.717) is 5.23 Å². The summed E-state index contributed by atoms with van der Waals surface area (Å²) < 4.78 is 0. The molecule has 14 heavy (non-hydrogen) atoms. The number of rotatable bonds is 4. The van der Waals surface area contributed by atoms with Crippen LogP contribution in [-0.2, 0) is 16.2 Å². The van der Waals surface area contributed by atoms with Gasteiger partial charge in [0.05, 0.1) is 13.1 Å². The Hall–Kier alpha value is -1.43. The zero-order chi connectivity index (χ0) is 10.4. The molecule has 0 aromatic heterocycles. The largest absolute Gasteiger partial charge is 0.341 e. The second kappa shape index (κ2) is 5.33. The SMILES string of the molecule is NCC(=O)ON(O)Cc1ccccc1. The van der Waals surface area contributed by atoms with Crippen molar-refractivity contribution in [3.63, 3.8) is 0 Å². The van der Waals surface area contributed by atoms with Crippen LogP contribution < -0.4 is 5.73 Å². The minimum atomic E-state index is -0.677. The predicted octanol–water partition coefficient (Wildman–Crippen LogP) is 0.295. The van der Waals surface area contributed by atoms with Gasteiger partial charge in [-0.2, -0.15) is 0 Å². The van der Waals surface area contributed by atoms with Crippen LogP contribution in [-0.4, -0.2) is 22.9 Å². The molecule has 0 aliphatic rings. The smallest absolute Gasteiger partial charge is 0.341 e. The molecule has 0 aliphatic heterocycles. The van der Waals surface area contributed by atoms with E-state index < -0.39 is 5.97 Å². The van der Waals surface area contributed by atoms with Crippen molar-refractivity contribution in [3.05, 3.63) is 35.9 Å². The fourth-order valence-corrected chi connectivity index (χ4v) is 0.927. The normalized spacial score (nSPS) is 10.2. The summed E-state index contributed by atoms with van der Waals surface area (Å²) in [4.78, 5) is 15.1. The van der Waals surface area contributed by atoms with E-state index in [9.17, 15) is 4.79 Å². The Morgan fingerprint density at radius 3 is 2.64 bits per heavy atom. The molecule has 5 heteroatoms. The second-order valence-corrected chi connectivity index (χ2v) is 2.66. The van der Waals surface area contributed by atoms with Crippen molar-refractivity contribution in [1.82, 2.24) is 5.23 Å². The van der Waals surface area contributed by atoms with Gasteiger partial charge in [-0.25, -0.2) is 4.79 Å². The third-order valence-corrected chi connectivity index (χ3v) is 1.53. The summed E-state index contributed by atoms with van der Waals surface area (Å²) in [6.07, 6.45) is 0. The molecule has 0 unspecified atom stereocenters. The van der Waals surface area contributed by atoms with E-state index in [-0.39, 0.29) is 13.1 Å². The molecule has 0 saturated carbocycles. The molecular formula is C9H12N2O3. The van der Waals surface area contributed by atoms with E-state index in [2.05, 4.69) is 4.84 Å². The molecule has 1 rings (SSSR count). The lowest BCUT2D eigenvalue weighted by atomic mass is 10.2. The van der Waals surface area contributed by atoms with Crippen molar-refractivity contribution in [1.29, 1.82) is 0 Å². The summed E-state index contributed by atoms with van der Waals surface area (Å²) in [6, 6.07) is 9.12. The molecule has 0 fully saturated rings. The molecule has 0 aliphatic carbocycles. The average molecular weight is 196 g/mol. The first kappa shape index (κ1) is 10.6. The van der Waals surface area contributed by atoms with E-state index in [1.54, 1.807) is 12.1 Å². The van der Waals surface area contributed by atoms with Crippen LogP contribution in [0.1, 0.15) is 5.56 Å². The van der Waals surface area contributed by atoms with E-state index in [1.807, 2.05) is 18.2 Å². The highest BCUT2D eigenvalue weighted by Gasteiger charge is 2.07. The second-order valence-electron chi connectivity index (χ2n) is 2.66. The molecule has 0 radical (unpaired) electrons. The van der Waals surface area contributed by atoms with Crippen molar-refractivity contribution in [2.75, 3.05) is 6.54 Å². The number of nitrogens with two attached hydrogens (primary N) is 1. The Morgan fingerprint density at radius 1 is 1.43 bits per heavy atom. The lowest BCUT2D eigenvalue weighted by molar-refractivity contribution is -0.323. The fraction of sp³-hybridized carbons (Fsp3) is 0.222. The topological polar surface area (TPSA) is 75.8 Å². The Bertz CT molecular complexity index is 289. The zero-order valence-corrected chi connectivity index (χ0v) is 7.59. The summed E-state index contributed by atoms with van der Waals surface area (Å²) in [5, 5.41) is 9.60. The van der Waals surface area contributed by atoms with Crippen molar-refractivity contribution < 1.29 is 14.8 Å². The van der Waals surface area contributed by atoms with Crippen molar-refractivity contribution >= 4 is 5.97 Å². The third-order valence-electron chi connectivity index (χ3n) is 1.53. The summed E-state index contributed by atoms with van der Waals surface area (Å²) >= 11 is 0. The van der Waals surface area contributed by atoms with Crippen LogP contribution in [0.5, 0.6) is 0 Å². The van der Waals surface area contributed by atoms with Crippen LogP contribution in [0.15, 0.2) is 30.3 Å². The van der Waals surface area contributed by atoms with Crippen molar-refractivity contribution in [3.8, 4) is 0 Å². The molecule has 5 nitrogen and oxygen atoms in total. The van der Waals surface area contributed by atoms with Crippen molar-refractivity contribution in [2.24, 2.45) is 5.73 Å². The van der Waals surface area contributed by atoms with Crippen LogP contribution in [0.3, 0.4) is 0 Å². The highest BCUT2D eigenvalue weighted by Crippen LogP contribution is 2.02. The van der Waals surface area contributed by atoms with Crippen LogP contribution in [0.2, 0.25) is 0 Å². The lowest BCUT2D eigenvalue weighted by Gasteiger charge is -2.12. The van der Waals surface area contributed by atoms with E-state index >= 15 is 0 Å². The standard InChI is InChI=1S/C9H12N2O3/c10-6-9(12)14-11(13)7-8-4-2-1-3-5-8/h1-5,13H,6-7,10H2. The number of benzene rings is 1. The molecule has 0 atom stereocenters. The Labute approximate surface area is 81.6 Å². The van der Waals surface area contributed by atoms with Gasteiger partial charge in [0, 0.05) is 0 Å². The number of carbonyl (C=O) groups is 1. The van der Waals surface area contributed by atoms with Gasteiger partial charge in [-0.15, -0.1) is 0 Å². The van der Waals surface area contributed by atoms with Gasteiger partial charge in [0.1, 0.15) is 0 Å². The molecule has 76 valence electrons. The van der Waals surface area contributed by atoms with Crippen molar-refractivity contribution in [2.45, 2.75) is 6.54 Å². The summed E-state index contributed by atoms with van der Waals surface area (Å²) in [6.45, 7) is -0.140. The highest BCUT2D eigenvalue weighted by atomic mass is 16.9. The van der Waals surface area contributed by atoms with Gasteiger partial charge < -0.3 is 10.6 Å². The minimum Gasteiger partial charge on any atom is -0.341 e. The fourth-order valence-electron chi connectivity index (χ4n) is 0.927. The minimum absolute atomic E-state index is 0.118. The number of hydrogen-bond acceptors (Lipinski definition) is 5. The first-order valence-electron chi connectivity index (χ1n) is 4.13. The Morgan fingerprint density at radius 2 is 2.07 bits per heavy atom. The summed E-state index contributed by atoms with van der Waals surface area (Å²) in [5.41, 5.74) is 5.83. The van der Waals surface area contributed by atoms with E-state index in [4.69, 9.17) is 10.9 Å². The molecule has 1 aromatic rings. The average Bonchev–Trinajstić information content (AvgIpc) is 2.19.